The molecule has 26 heavy (non-hydrogen) atoms. The smallest absolute Gasteiger partial charge is 0.339 e. The third-order valence-electron chi connectivity index (χ3n) is 3.25. The highest BCUT2D eigenvalue weighted by atomic mass is 16.6. The van der Waals surface area contributed by atoms with Crippen LogP contribution in [0.15, 0.2) is 48.5 Å². The zero-order chi connectivity index (χ0) is 19.1. The summed E-state index contributed by atoms with van der Waals surface area (Å²) in [6, 6.07) is 11.0. The number of hydrogen-bond acceptors (Lipinski definition) is 7. The summed E-state index contributed by atoms with van der Waals surface area (Å²) >= 11 is 0. The van der Waals surface area contributed by atoms with Crippen LogP contribution in [-0.4, -0.2) is 36.5 Å². The van der Waals surface area contributed by atoms with Gasteiger partial charge < -0.3 is 14.8 Å². The van der Waals surface area contributed by atoms with Gasteiger partial charge in [-0.05, 0) is 24.3 Å². The molecule has 9 nitrogen and oxygen atoms in total. The molecule has 0 aliphatic rings. The Kier molecular flexibility index (Phi) is 5.99. The minimum absolute atomic E-state index is 0.0679. The number of nitrogens with one attached hydrogen (secondary N) is 1. The zero-order valence-electron chi connectivity index (χ0n) is 13.6. The lowest BCUT2D eigenvalue weighted by atomic mass is 10.2. The highest BCUT2D eigenvalue weighted by Crippen LogP contribution is 2.16. The van der Waals surface area contributed by atoms with Gasteiger partial charge in [-0.3, -0.25) is 14.9 Å². The van der Waals surface area contributed by atoms with E-state index in [1.807, 2.05) is 0 Å². The van der Waals surface area contributed by atoms with E-state index in [0.717, 1.165) is 12.1 Å². The molecule has 0 atom stereocenters. The van der Waals surface area contributed by atoms with E-state index < -0.39 is 29.4 Å². The third-order valence-corrected chi connectivity index (χ3v) is 3.25. The minimum atomic E-state index is -0.809. The van der Waals surface area contributed by atoms with Crippen LogP contribution in [0, 0.1) is 10.1 Å². The zero-order valence-corrected chi connectivity index (χ0v) is 13.6. The first-order valence-electron chi connectivity index (χ1n) is 7.31. The topological polar surface area (TPSA) is 125 Å². The normalized spacial score (nSPS) is 9.88. The van der Waals surface area contributed by atoms with Crippen LogP contribution in [-0.2, 0) is 14.3 Å². The molecule has 0 saturated carbocycles. The van der Waals surface area contributed by atoms with Crippen LogP contribution in [0.2, 0.25) is 0 Å². The Morgan fingerprint density at radius 3 is 2.31 bits per heavy atom. The highest BCUT2D eigenvalue weighted by molar-refractivity contribution is 6.02. The van der Waals surface area contributed by atoms with E-state index >= 15 is 0 Å². The van der Waals surface area contributed by atoms with Gasteiger partial charge in [-0.15, -0.1) is 0 Å². The average Bonchev–Trinajstić information content (AvgIpc) is 2.66. The number of esters is 2. The van der Waals surface area contributed by atoms with Gasteiger partial charge in [0.2, 0.25) is 0 Å². The van der Waals surface area contributed by atoms with Crippen LogP contribution < -0.4 is 5.32 Å². The summed E-state index contributed by atoms with van der Waals surface area (Å²) in [5.41, 5.74) is 0.276. The Balaban J connectivity index is 1.96. The summed E-state index contributed by atoms with van der Waals surface area (Å²) in [6.45, 7) is -0.592. The second kappa shape index (κ2) is 8.38. The van der Waals surface area contributed by atoms with E-state index in [1.54, 1.807) is 12.1 Å². The molecule has 0 bridgehead atoms. The molecule has 1 N–H and O–H groups in total. The fourth-order valence-corrected chi connectivity index (χ4v) is 2.00. The highest BCUT2D eigenvalue weighted by Gasteiger charge is 2.15. The van der Waals surface area contributed by atoms with Gasteiger partial charge in [-0.1, -0.05) is 12.1 Å². The first-order valence-corrected chi connectivity index (χ1v) is 7.31. The van der Waals surface area contributed by atoms with E-state index in [1.165, 1.54) is 31.4 Å². The molecule has 134 valence electrons. The Morgan fingerprint density at radius 2 is 1.69 bits per heavy atom. The number of carbonyl (C=O) groups excluding carboxylic acids is 3. The summed E-state index contributed by atoms with van der Waals surface area (Å²) in [6.07, 6.45) is 0. The quantitative estimate of drug-likeness (QED) is 0.476. The molecule has 0 spiro atoms. The summed E-state index contributed by atoms with van der Waals surface area (Å²) in [5.74, 6) is -2.09. The van der Waals surface area contributed by atoms with Gasteiger partial charge in [0.15, 0.2) is 6.61 Å². The van der Waals surface area contributed by atoms with Gasteiger partial charge in [0.05, 0.1) is 28.8 Å². The van der Waals surface area contributed by atoms with Crippen molar-refractivity contribution in [2.24, 2.45) is 0 Å². The van der Waals surface area contributed by atoms with Crippen molar-refractivity contribution in [2.75, 3.05) is 19.0 Å². The Morgan fingerprint density at radius 1 is 1.04 bits per heavy atom. The van der Waals surface area contributed by atoms with Crippen molar-refractivity contribution >= 4 is 29.2 Å². The lowest BCUT2D eigenvalue weighted by Crippen LogP contribution is -2.22. The fourth-order valence-electron chi connectivity index (χ4n) is 2.00. The van der Waals surface area contributed by atoms with Crippen molar-refractivity contribution < 1.29 is 28.8 Å². The van der Waals surface area contributed by atoms with E-state index in [-0.39, 0.29) is 22.5 Å². The van der Waals surface area contributed by atoms with Crippen LogP contribution in [0.3, 0.4) is 0 Å². The summed E-state index contributed by atoms with van der Waals surface area (Å²) in [4.78, 5) is 45.4. The number of ether oxygens (including phenoxy) is 2. The molecular formula is C17H14N2O7. The first-order chi connectivity index (χ1) is 12.4. The van der Waals surface area contributed by atoms with Crippen molar-refractivity contribution in [2.45, 2.75) is 0 Å². The second-order valence-corrected chi connectivity index (χ2v) is 4.97. The number of carbonyl (C=O) groups is 3. The molecular weight excluding hydrogens is 344 g/mol. The number of nitro benzene ring substituents is 1. The number of rotatable bonds is 6. The molecule has 2 aromatic carbocycles. The molecule has 0 aromatic heterocycles. The molecule has 2 aromatic rings. The Hall–Kier alpha value is -3.75. The monoisotopic (exact) mass is 358 g/mol. The second-order valence-electron chi connectivity index (χ2n) is 4.97. The van der Waals surface area contributed by atoms with Crippen molar-refractivity contribution in [3.8, 4) is 0 Å². The maximum absolute atomic E-state index is 11.9. The SMILES string of the molecule is COC(=O)c1ccccc1NC(=O)COC(=O)c1ccc([N+](=O)[O-])cc1. The number of para-hydroxylation sites is 1. The number of hydrogen-bond donors (Lipinski definition) is 1. The standard InChI is InChI=1S/C17H14N2O7/c1-25-17(22)13-4-2-3-5-14(13)18-15(20)10-26-16(21)11-6-8-12(9-7-11)19(23)24/h2-9H,10H2,1H3,(H,18,20). The van der Waals surface area contributed by atoms with E-state index in [2.05, 4.69) is 10.1 Å². The summed E-state index contributed by atoms with van der Waals surface area (Å²) in [7, 11) is 1.22. The lowest BCUT2D eigenvalue weighted by molar-refractivity contribution is -0.384. The Labute approximate surface area is 147 Å². The number of nitrogens with zero attached hydrogens (tertiary/aromatic N) is 1. The van der Waals surface area contributed by atoms with Crippen LogP contribution in [0.5, 0.6) is 0 Å². The van der Waals surface area contributed by atoms with Crippen LogP contribution >= 0.6 is 0 Å². The predicted octanol–water partition coefficient (Wildman–Crippen LogP) is 2.18. The summed E-state index contributed by atoms with van der Waals surface area (Å²) < 4.78 is 9.47. The molecule has 2 rings (SSSR count). The van der Waals surface area contributed by atoms with Gasteiger partial charge in [0.1, 0.15) is 0 Å². The minimum Gasteiger partial charge on any atom is -0.465 e. The van der Waals surface area contributed by atoms with Gasteiger partial charge in [0.25, 0.3) is 11.6 Å². The molecule has 9 heteroatoms. The van der Waals surface area contributed by atoms with Crippen molar-refractivity contribution in [1.29, 1.82) is 0 Å². The summed E-state index contributed by atoms with van der Waals surface area (Å²) in [5, 5.41) is 13.0. The van der Waals surface area contributed by atoms with Gasteiger partial charge in [-0.25, -0.2) is 9.59 Å². The molecule has 1 amide bonds. The number of nitro groups is 1. The van der Waals surface area contributed by atoms with Crippen molar-refractivity contribution in [3.63, 3.8) is 0 Å². The van der Waals surface area contributed by atoms with Crippen LogP contribution in [0.25, 0.3) is 0 Å². The molecule has 0 aliphatic carbocycles. The van der Waals surface area contributed by atoms with Gasteiger partial charge in [-0.2, -0.15) is 0 Å². The molecule has 0 heterocycles. The molecule has 0 aliphatic heterocycles. The number of amides is 1. The molecule has 0 unspecified atom stereocenters. The molecule has 0 fully saturated rings. The fraction of sp³-hybridized carbons (Fsp3) is 0.118. The van der Waals surface area contributed by atoms with E-state index in [9.17, 15) is 24.5 Å². The van der Waals surface area contributed by atoms with Crippen molar-refractivity contribution in [3.05, 3.63) is 69.8 Å². The number of benzene rings is 2. The Bertz CT molecular complexity index is 846. The largest absolute Gasteiger partial charge is 0.465 e. The maximum atomic E-state index is 11.9. The van der Waals surface area contributed by atoms with Crippen LogP contribution in [0.1, 0.15) is 20.7 Å². The number of anilines is 1. The predicted molar refractivity (Wildman–Crippen MR) is 89.8 cm³/mol. The van der Waals surface area contributed by atoms with Gasteiger partial charge >= 0.3 is 11.9 Å². The third kappa shape index (κ3) is 4.63. The first kappa shape index (κ1) is 18.6. The van der Waals surface area contributed by atoms with E-state index in [0.29, 0.717) is 0 Å². The molecule has 0 radical (unpaired) electrons. The van der Waals surface area contributed by atoms with Crippen LogP contribution in [0.4, 0.5) is 11.4 Å². The van der Waals surface area contributed by atoms with Gasteiger partial charge in [0, 0.05) is 12.1 Å². The maximum Gasteiger partial charge on any atom is 0.339 e. The lowest BCUT2D eigenvalue weighted by Gasteiger charge is -2.10. The number of non-ortho nitro benzene ring substituents is 1. The number of methoxy groups -OCH3 is 1. The average molecular weight is 358 g/mol. The molecule has 0 saturated heterocycles. The van der Waals surface area contributed by atoms with E-state index in [4.69, 9.17) is 4.74 Å². The van der Waals surface area contributed by atoms with Crippen molar-refractivity contribution in [1.82, 2.24) is 0 Å².